The van der Waals surface area contributed by atoms with Crippen LogP contribution < -0.4 is 10.1 Å². The highest BCUT2D eigenvalue weighted by Gasteiger charge is 2.02. The summed E-state index contributed by atoms with van der Waals surface area (Å²) < 4.78 is 5.13. The molecule has 20 heavy (non-hydrogen) atoms. The lowest BCUT2D eigenvalue weighted by molar-refractivity contribution is 0.200. The lowest BCUT2D eigenvalue weighted by Gasteiger charge is -2.06. The Hall–Kier alpha value is -1.77. The van der Waals surface area contributed by atoms with Gasteiger partial charge in [0.15, 0.2) is 0 Å². The van der Waals surface area contributed by atoms with E-state index < -0.39 is 0 Å². The van der Waals surface area contributed by atoms with Gasteiger partial charge in [-0.05, 0) is 31.4 Å². The number of para-hydroxylation sites is 1. The second-order valence-electron chi connectivity index (χ2n) is 4.83. The number of allylic oxidation sites excluding steroid dienone is 1. The summed E-state index contributed by atoms with van der Waals surface area (Å²) in [4.78, 5) is 11.5. The summed E-state index contributed by atoms with van der Waals surface area (Å²) in [5.74, 6) is 0.576. The normalized spacial score (nSPS) is 10.0. The number of ether oxygens (including phenoxy) is 1. The van der Waals surface area contributed by atoms with Crippen molar-refractivity contribution in [2.45, 2.75) is 44.9 Å². The van der Waals surface area contributed by atoms with Gasteiger partial charge in [0.25, 0.3) is 0 Å². The van der Waals surface area contributed by atoms with Crippen LogP contribution in [0.5, 0.6) is 5.75 Å². The number of nitrogens with one attached hydrogen (secondary N) is 1. The van der Waals surface area contributed by atoms with Crippen molar-refractivity contribution >= 4 is 6.09 Å². The second-order valence-corrected chi connectivity index (χ2v) is 4.83. The Morgan fingerprint density at radius 2 is 1.70 bits per heavy atom. The topological polar surface area (TPSA) is 38.3 Å². The minimum atomic E-state index is -0.373. The molecule has 0 fully saturated rings. The Labute approximate surface area is 122 Å². The van der Waals surface area contributed by atoms with E-state index in [4.69, 9.17) is 4.74 Å². The first-order chi connectivity index (χ1) is 9.83. The zero-order valence-corrected chi connectivity index (χ0v) is 12.1. The number of hydrogen-bond acceptors (Lipinski definition) is 2. The van der Waals surface area contributed by atoms with Crippen molar-refractivity contribution in [3.8, 4) is 5.75 Å². The first-order valence-corrected chi connectivity index (χ1v) is 7.44. The Morgan fingerprint density at radius 1 is 1.05 bits per heavy atom. The Morgan fingerprint density at radius 3 is 2.40 bits per heavy atom. The lowest BCUT2D eigenvalue weighted by Crippen LogP contribution is -2.27. The van der Waals surface area contributed by atoms with Crippen LogP contribution in [0.3, 0.4) is 0 Å². The molecule has 1 aromatic rings. The van der Waals surface area contributed by atoms with Gasteiger partial charge in [-0.3, -0.25) is 0 Å². The van der Waals surface area contributed by atoms with Crippen molar-refractivity contribution in [3.05, 3.63) is 43.0 Å². The van der Waals surface area contributed by atoms with Crippen molar-refractivity contribution in [2.75, 3.05) is 6.54 Å². The highest BCUT2D eigenvalue weighted by atomic mass is 16.5. The first kappa shape index (κ1) is 16.3. The lowest BCUT2D eigenvalue weighted by atomic mass is 10.1. The average Bonchev–Trinajstić information content (AvgIpc) is 2.46. The number of unbranched alkanes of at least 4 members (excludes halogenated alkanes) is 6. The van der Waals surface area contributed by atoms with Gasteiger partial charge in [0.1, 0.15) is 5.75 Å². The molecular formula is C17H25NO2. The maximum Gasteiger partial charge on any atom is 0.412 e. The van der Waals surface area contributed by atoms with Crippen LogP contribution in [0.1, 0.15) is 44.9 Å². The molecule has 0 saturated heterocycles. The van der Waals surface area contributed by atoms with Crippen LogP contribution in [0.2, 0.25) is 0 Å². The summed E-state index contributed by atoms with van der Waals surface area (Å²) in [6.45, 7) is 4.39. The van der Waals surface area contributed by atoms with Gasteiger partial charge in [-0.25, -0.2) is 4.79 Å². The van der Waals surface area contributed by atoms with E-state index in [0.717, 1.165) is 19.3 Å². The molecule has 0 aromatic heterocycles. The predicted molar refractivity (Wildman–Crippen MR) is 83.0 cm³/mol. The SMILES string of the molecule is C=CCCCCCCCCNC(=O)Oc1ccccc1. The summed E-state index contributed by atoms with van der Waals surface area (Å²) in [6.07, 6.45) is 9.89. The number of carbonyl (C=O) groups is 1. The standard InChI is InChI=1S/C17H25NO2/c1-2-3-4-5-6-7-8-12-15-18-17(19)20-16-13-10-9-11-14-16/h2,9-11,13-14H,1,3-8,12,15H2,(H,18,19). The number of rotatable bonds is 10. The molecule has 110 valence electrons. The molecule has 0 atom stereocenters. The molecule has 0 radical (unpaired) electrons. The quantitative estimate of drug-likeness (QED) is 0.497. The highest BCUT2D eigenvalue weighted by Crippen LogP contribution is 2.09. The van der Waals surface area contributed by atoms with Crippen LogP contribution in [0.15, 0.2) is 43.0 Å². The number of amides is 1. The number of hydrogen-bond donors (Lipinski definition) is 1. The second kappa shape index (κ2) is 11.1. The number of benzene rings is 1. The molecule has 0 saturated carbocycles. The van der Waals surface area contributed by atoms with E-state index >= 15 is 0 Å². The zero-order chi connectivity index (χ0) is 14.5. The molecule has 0 spiro atoms. The molecule has 3 nitrogen and oxygen atoms in total. The Balaban J connectivity index is 1.93. The van der Waals surface area contributed by atoms with Gasteiger partial charge in [0.2, 0.25) is 0 Å². The van der Waals surface area contributed by atoms with Crippen molar-refractivity contribution in [1.82, 2.24) is 5.32 Å². The smallest absolute Gasteiger partial charge is 0.410 e. The van der Waals surface area contributed by atoms with Crippen molar-refractivity contribution in [2.24, 2.45) is 0 Å². The van der Waals surface area contributed by atoms with E-state index in [-0.39, 0.29) is 6.09 Å². The molecule has 0 aliphatic heterocycles. The Kier molecular flexibility index (Phi) is 9.03. The fraction of sp³-hybridized carbons (Fsp3) is 0.471. The van der Waals surface area contributed by atoms with E-state index in [1.165, 1.54) is 25.7 Å². The first-order valence-electron chi connectivity index (χ1n) is 7.44. The van der Waals surface area contributed by atoms with Crippen LogP contribution in [0.25, 0.3) is 0 Å². The van der Waals surface area contributed by atoms with E-state index in [0.29, 0.717) is 12.3 Å². The van der Waals surface area contributed by atoms with E-state index in [2.05, 4.69) is 11.9 Å². The van der Waals surface area contributed by atoms with Crippen LogP contribution in [-0.4, -0.2) is 12.6 Å². The average molecular weight is 275 g/mol. The zero-order valence-electron chi connectivity index (χ0n) is 12.1. The molecular weight excluding hydrogens is 250 g/mol. The summed E-state index contributed by atoms with van der Waals surface area (Å²) in [5.41, 5.74) is 0. The molecule has 1 amide bonds. The van der Waals surface area contributed by atoms with Crippen LogP contribution in [0, 0.1) is 0 Å². The Bertz CT molecular complexity index is 376. The maximum absolute atomic E-state index is 11.5. The van der Waals surface area contributed by atoms with Gasteiger partial charge in [0, 0.05) is 6.54 Å². The minimum absolute atomic E-state index is 0.373. The summed E-state index contributed by atoms with van der Waals surface area (Å²) in [5, 5.41) is 2.77. The third-order valence-electron chi connectivity index (χ3n) is 3.06. The van der Waals surface area contributed by atoms with Gasteiger partial charge in [0.05, 0.1) is 0 Å². The third-order valence-corrected chi connectivity index (χ3v) is 3.06. The third kappa shape index (κ3) is 8.35. The molecule has 0 aliphatic rings. The van der Waals surface area contributed by atoms with Crippen LogP contribution >= 0.6 is 0 Å². The van der Waals surface area contributed by atoms with Crippen molar-refractivity contribution in [1.29, 1.82) is 0 Å². The molecule has 1 aromatic carbocycles. The predicted octanol–water partition coefficient (Wildman–Crippen LogP) is 4.69. The van der Waals surface area contributed by atoms with Gasteiger partial charge < -0.3 is 10.1 Å². The molecule has 0 bridgehead atoms. The molecule has 0 heterocycles. The van der Waals surface area contributed by atoms with Gasteiger partial charge in [-0.2, -0.15) is 0 Å². The fourth-order valence-electron chi connectivity index (χ4n) is 1.94. The molecule has 0 unspecified atom stereocenters. The van der Waals surface area contributed by atoms with Crippen molar-refractivity contribution in [3.63, 3.8) is 0 Å². The van der Waals surface area contributed by atoms with Gasteiger partial charge >= 0.3 is 6.09 Å². The van der Waals surface area contributed by atoms with E-state index in [1.54, 1.807) is 12.1 Å². The van der Waals surface area contributed by atoms with E-state index in [1.807, 2.05) is 24.3 Å². The van der Waals surface area contributed by atoms with Gasteiger partial charge in [-0.1, -0.05) is 50.0 Å². The summed E-state index contributed by atoms with van der Waals surface area (Å²) in [7, 11) is 0. The molecule has 0 aliphatic carbocycles. The number of carbonyl (C=O) groups excluding carboxylic acids is 1. The largest absolute Gasteiger partial charge is 0.412 e. The molecule has 1 N–H and O–H groups in total. The minimum Gasteiger partial charge on any atom is -0.410 e. The van der Waals surface area contributed by atoms with Gasteiger partial charge in [-0.15, -0.1) is 6.58 Å². The summed E-state index contributed by atoms with van der Waals surface area (Å²) in [6, 6.07) is 9.11. The van der Waals surface area contributed by atoms with Crippen LogP contribution in [-0.2, 0) is 0 Å². The highest BCUT2D eigenvalue weighted by molar-refractivity contribution is 5.70. The van der Waals surface area contributed by atoms with Crippen molar-refractivity contribution < 1.29 is 9.53 Å². The monoisotopic (exact) mass is 275 g/mol. The van der Waals surface area contributed by atoms with Crippen LogP contribution in [0.4, 0.5) is 4.79 Å². The van der Waals surface area contributed by atoms with E-state index in [9.17, 15) is 4.79 Å². The molecule has 1 rings (SSSR count). The molecule has 3 heteroatoms. The maximum atomic E-state index is 11.5. The summed E-state index contributed by atoms with van der Waals surface area (Å²) >= 11 is 0. The fourth-order valence-corrected chi connectivity index (χ4v) is 1.94.